The van der Waals surface area contributed by atoms with E-state index in [1.807, 2.05) is 0 Å². The van der Waals surface area contributed by atoms with E-state index in [2.05, 4.69) is 106 Å². The standard InChI is InChI=1S/C49H75B/c1-11-13-15-17-19-21-23-25-27-40-31-45-46-32-41(28-26-24-22-20-18-16-14-12-2)39(10)30-48(46)50(47(45)29-38(40)9)49-43(36(5)6)33-42(35(3)4)34-44(49)37(7)8/h29-37H,11-28H2,1-10H3. The fraction of sp³-hybridized carbons (Fsp3) is 0.633. The number of hydrogen-bond acceptors (Lipinski definition) is 0. The van der Waals surface area contributed by atoms with Crippen molar-refractivity contribution in [2.75, 3.05) is 0 Å². The highest BCUT2D eigenvalue weighted by atomic mass is 14.3. The molecule has 1 aliphatic heterocycles. The van der Waals surface area contributed by atoms with Gasteiger partial charge in [0.2, 0.25) is 6.71 Å². The van der Waals surface area contributed by atoms with Gasteiger partial charge in [-0.25, -0.2) is 0 Å². The Bertz CT molecular complexity index is 1380. The van der Waals surface area contributed by atoms with Crippen LogP contribution >= 0.6 is 0 Å². The molecule has 50 heavy (non-hydrogen) atoms. The minimum Gasteiger partial charge on any atom is -0.0654 e. The Morgan fingerprint density at radius 2 is 0.800 bits per heavy atom. The first-order chi connectivity index (χ1) is 24.1. The Balaban J connectivity index is 1.71. The van der Waals surface area contributed by atoms with Crippen molar-refractivity contribution in [1.82, 2.24) is 0 Å². The average Bonchev–Trinajstić information content (AvgIpc) is 3.37. The molecule has 0 atom stereocenters. The lowest BCUT2D eigenvalue weighted by Gasteiger charge is -2.27. The molecule has 0 amide bonds. The van der Waals surface area contributed by atoms with E-state index in [0.29, 0.717) is 24.5 Å². The molecule has 0 fully saturated rings. The highest BCUT2D eigenvalue weighted by Gasteiger charge is 2.38. The minimum absolute atomic E-state index is 0.308. The van der Waals surface area contributed by atoms with Crippen LogP contribution in [0.25, 0.3) is 11.1 Å². The highest BCUT2D eigenvalue weighted by Crippen LogP contribution is 2.33. The van der Waals surface area contributed by atoms with E-state index < -0.39 is 0 Å². The van der Waals surface area contributed by atoms with Gasteiger partial charge in [-0.2, -0.15) is 0 Å². The first kappa shape index (κ1) is 40.5. The second-order valence-corrected chi connectivity index (χ2v) is 17.2. The Morgan fingerprint density at radius 3 is 1.14 bits per heavy atom. The van der Waals surface area contributed by atoms with E-state index in [1.54, 1.807) is 38.6 Å². The van der Waals surface area contributed by atoms with Gasteiger partial charge in [0.05, 0.1) is 0 Å². The second-order valence-electron chi connectivity index (χ2n) is 17.2. The molecule has 1 heterocycles. The van der Waals surface area contributed by atoms with Crippen LogP contribution in [0.5, 0.6) is 0 Å². The van der Waals surface area contributed by atoms with E-state index in [1.165, 1.54) is 143 Å². The van der Waals surface area contributed by atoms with Crippen molar-refractivity contribution in [2.24, 2.45) is 0 Å². The molecule has 0 saturated carbocycles. The van der Waals surface area contributed by atoms with Gasteiger partial charge in [-0.1, -0.05) is 198 Å². The molecule has 0 aromatic heterocycles. The van der Waals surface area contributed by atoms with Crippen molar-refractivity contribution in [3.63, 3.8) is 0 Å². The summed E-state index contributed by atoms with van der Waals surface area (Å²) in [6.07, 6.45) is 24.5. The zero-order chi connectivity index (χ0) is 36.2. The molecule has 4 rings (SSSR count). The number of benzene rings is 3. The first-order valence-electron chi connectivity index (χ1n) is 21.5. The van der Waals surface area contributed by atoms with Crippen LogP contribution in [0.1, 0.15) is 215 Å². The van der Waals surface area contributed by atoms with Crippen LogP contribution in [-0.2, 0) is 12.8 Å². The SMILES string of the molecule is CCCCCCCCCCc1cc2c(cc1C)B(c1c(C(C)C)cc(C(C)C)cc1C(C)C)c1cc(C)c(CCCCCCCCCC)cc1-2. The smallest absolute Gasteiger partial charge is 0.0654 e. The lowest BCUT2D eigenvalue weighted by atomic mass is 9.36. The van der Waals surface area contributed by atoms with E-state index in [9.17, 15) is 0 Å². The molecule has 0 unspecified atom stereocenters. The summed E-state index contributed by atoms with van der Waals surface area (Å²) in [4.78, 5) is 0. The molecular formula is C49H75B. The molecule has 0 nitrogen and oxygen atoms in total. The van der Waals surface area contributed by atoms with Gasteiger partial charge in [0.25, 0.3) is 0 Å². The maximum atomic E-state index is 2.65. The van der Waals surface area contributed by atoms with Gasteiger partial charge in [-0.3, -0.25) is 0 Å². The van der Waals surface area contributed by atoms with Crippen molar-refractivity contribution in [1.29, 1.82) is 0 Å². The molecule has 0 saturated heterocycles. The Morgan fingerprint density at radius 1 is 0.440 bits per heavy atom. The number of fused-ring (bicyclic) bond motifs is 3. The van der Waals surface area contributed by atoms with Gasteiger partial charge >= 0.3 is 0 Å². The van der Waals surface area contributed by atoms with Gasteiger partial charge in [-0.15, -0.1) is 0 Å². The molecule has 0 spiro atoms. The van der Waals surface area contributed by atoms with Crippen LogP contribution in [0, 0.1) is 13.8 Å². The van der Waals surface area contributed by atoms with Gasteiger partial charge in [0.1, 0.15) is 0 Å². The summed E-state index contributed by atoms with van der Waals surface area (Å²) in [6, 6.07) is 15.7. The van der Waals surface area contributed by atoms with Crippen LogP contribution in [0.2, 0.25) is 0 Å². The number of aryl methyl sites for hydroxylation is 4. The van der Waals surface area contributed by atoms with Gasteiger partial charge in [0.15, 0.2) is 0 Å². The fourth-order valence-corrected chi connectivity index (χ4v) is 8.76. The summed E-state index contributed by atoms with van der Waals surface area (Å²) < 4.78 is 0. The molecule has 1 aliphatic rings. The number of unbranched alkanes of at least 4 members (excludes halogenated alkanes) is 14. The topological polar surface area (TPSA) is 0 Å². The molecule has 0 radical (unpaired) electrons. The Kier molecular flexibility index (Phi) is 16.3. The number of rotatable bonds is 22. The summed E-state index contributed by atoms with van der Waals surface area (Å²) in [5.74, 6) is 1.50. The van der Waals surface area contributed by atoms with Gasteiger partial charge in [0, 0.05) is 0 Å². The number of hydrogen-bond donors (Lipinski definition) is 0. The predicted molar refractivity (Wildman–Crippen MR) is 227 cm³/mol. The summed E-state index contributed by atoms with van der Waals surface area (Å²) in [5, 5.41) is 0. The molecule has 3 aromatic rings. The monoisotopic (exact) mass is 675 g/mol. The highest BCUT2D eigenvalue weighted by molar-refractivity contribution is 6.99. The van der Waals surface area contributed by atoms with E-state index in [4.69, 9.17) is 0 Å². The first-order valence-corrected chi connectivity index (χ1v) is 21.5. The molecule has 0 aliphatic carbocycles. The van der Waals surface area contributed by atoms with Crippen LogP contribution in [0.15, 0.2) is 36.4 Å². The minimum atomic E-state index is 0.308. The molecule has 1 heteroatoms. The Hall–Kier alpha value is -2.28. The third-order valence-corrected chi connectivity index (χ3v) is 12.0. The van der Waals surface area contributed by atoms with Crippen LogP contribution in [0.3, 0.4) is 0 Å². The quantitative estimate of drug-likeness (QED) is 0.0575. The van der Waals surface area contributed by atoms with E-state index in [0.717, 1.165) is 0 Å². The van der Waals surface area contributed by atoms with Crippen molar-refractivity contribution in [3.05, 3.63) is 75.3 Å². The molecular weight excluding hydrogens is 599 g/mol. The summed E-state index contributed by atoms with van der Waals surface area (Å²) in [5.41, 5.74) is 18.5. The third-order valence-electron chi connectivity index (χ3n) is 12.0. The van der Waals surface area contributed by atoms with Crippen LogP contribution in [0.4, 0.5) is 0 Å². The normalized spacial score (nSPS) is 12.5. The lowest BCUT2D eigenvalue weighted by Crippen LogP contribution is -2.52. The zero-order valence-electron chi connectivity index (χ0n) is 34.5. The predicted octanol–water partition coefficient (Wildman–Crippen LogP) is 13.5. The van der Waals surface area contributed by atoms with Crippen molar-refractivity contribution in [2.45, 2.75) is 203 Å². The van der Waals surface area contributed by atoms with Crippen LogP contribution < -0.4 is 16.4 Å². The third kappa shape index (κ3) is 10.4. The van der Waals surface area contributed by atoms with Crippen molar-refractivity contribution in [3.8, 4) is 11.1 Å². The van der Waals surface area contributed by atoms with E-state index >= 15 is 0 Å². The van der Waals surface area contributed by atoms with Gasteiger partial charge < -0.3 is 0 Å². The lowest BCUT2D eigenvalue weighted by molar-refractivity contribution is 0.575. The molecule has 274 valence electrons. The largest absolute Gasteiger partial charge is 0.243 e. The average molecular weight is 675 g/mol. The maximum Gasteiger partial charge on any atom is 0.243 e. The van der Waals surface area contributed by atoms with E-state index in [-0.39, 0.29) is 0 Å². The summed E-state index contributed by atoms with van der Waals surface area (Å²) in [7, 11) is 0. The second kappa shape index (κ2) is 20.1. The molecule has 0 N–H and O–H groups in total. The molecule has 0 bridgehead atoms. The zero-order valence-corrected chi connectivity index (χ0v) is 34.5. The van der Waals surface area contributed by atoms with Crippen LogP contribution in [-0.4, -0.2) is 6.71 Å². The maximum absolute atomic E-state index is 2.65. The van der Waals surface area contributed by atoms with Gasteiger partial charge in [-0.05, 0) is 107 Å². The summed E-state index contributed by atoms with van der Waals surface area (Å²) >= 11 is 0. The Labute approximate surface area is 311 Å². The molecule has 3 aromatic carbocycles. The van der Waals surface area contributed by atoms with Crippen molar-refractivity contribution < 1.29 is 0 Å². The summed E-state index contributed by atoms with van der Waals surface area (Å²) in [6.45, 7) is 24.1. The fourth-order valence-electron chi connectivity index (χ4n) is 8.76. The van der Waals surface area contributed by atoms with Crippen molar-refractivity contribution >= 4 is 23.1 Å².